The number of halogens is 1. The zero-order chi connectivity index (χ0) is 24.2. The number of ether oxygens (including phenoxy) is 1. The van der Waals surface area contributed by atoms with Crippen molar-refractivity contribution >= 4 is 39.0 Å². The summed E-state index contributed by atoms with van der Waals surface area (Å²) in [6, 6.07) is 18.6. The maximum Gasteiger partial charge on any atom is 0.263 e. The van der Waals surface area contributed by atoms with Crippen LogP contribution in [0.5, 0.6) is 11.5 Å². The highest BCUT2D eigenvalue weighted by Gasteiger charge is 2.22. The van der Waals surface area contributed by atoms with Crippen LogP contribution in [0.2, 0.25) is 0 Å². The highest BCUT2D eigenvalue weighted by Crippen LogP contribution is 2.34. The molecule has 0 aliphatic carbocycles. The first-order valence-electron chi connectivity index (χ1n) is 10.4. The summed E-state index contributed by atoms with van der Waals surface area (Å²) in [5, 5.41) is 14.4. The van der Waals surface area contributed by atoms with Crippen LogP contribution in [-0.2, 0) is 4.79 Å². The number of para-hydroxylation sites is 1. The minimum atomic E-state index is -0.891. The van der Waals surface area contributed by atoms with Gasteiger partial charge in [0.1, 0.15) is 11.9 Å². The molecule has 9 heteroatoms. The molecule has 172 valence electrons. The molecule has 3 aromatic carbocycles. The van der Waals surface area contributed by atoms with E-state index in [1.54, 1.807) is 37.3 Å². The normalized spacial score (nSPS) is 12.1. The van der Waals surface area contributed by atoms with Gasteiger partial charge in [0.15, 0.2) is 11.5 Å². The van der Waals surface area contributed by atoms with E-state index in [4.69, 9.17) is 4.74 Å². The Morgan fingerprint density at radius 3 is 2.62 bits per heavy atom. The number of hydrazone groups is 1. The first-order chi connectivity index (χ1) is 16.4. The summed E-state index contributed by atoms with van der Waals surface area (Å²) in [5.74, 6) is 0.131. The molecule has 0 saturated heterocycles. The van der Waals surface area contributed by atoms with E-state index in [-0.39, 0.29) is 17.1 Å². The molecule has 1 heterocycles. The third kappa shape index (κ3) is 4.55. The number of phenols is 1. The first kappa shape index (κ1) is 23.2. The highest BCUT2D eigenvalue weighted by molar-refractivity contribution is 9.10. The van der Waals surface area contributed by atoms with Gasteiger partial charge in [-0.1, -0.05) is 42.5 Å². The van der Waals surface area contributed by atoms with Crippen molar-refractivity contribution in [1.29, 1.82) is 0 Å². The zero-order valence-corrected chi connectivity index (χ0v) is 20.0. The standard InChI is InChI=1S/C25H21BrN4O4/c1-15(24(32)29-27-14-16-12-19(26)22(31)21(13-16)34-2)30-23(17-8-4-3-5-9-17)28-20-11-7-6-10-18(20)25(30)33/h3-15,31H,1-2H3,(H,29,32)/t15-/m1/s1. The van der Waals surface area contributed by atoms with E-state index < -0.39 is 11.9 Å². The molecule has 4 aromatic rings. The Balaban J connectivity index is 1.67. The van der Waals surface area contributed by atoms with Gasteiger partial charge < -0.3 is 9.84 Å². The Hall–Kier alpha value is -3.98. The second-order valence-corrected chi connectivity index (χ2v) is 8.31. The molecule has 1 amide bonds. The van der Waals surface area contributed by atoms with E-state index in [2.05, 4.69) is 31.4 Å². The smallest absolute Gasteiger partial charge is 0.263 e. The van der Waals surface area contributed by atoms with Crippen LogP contribution in [0.15, 0.2) is 81.1 Å². The van der Waals surface area contributed by atoms with Crippen LogP contribution in [-0.4, -0.2) is 33.9 Å². The van der Waals surface area contributed by atoms with Crippen LogP contribution < -0.4 is 15.7 Å². The predicted molar refractivity (Wildman–Crippen MR) is 134 cm³/mol. The van der Waals surface area contributed by atoms with Crippen molar-refractivity contribution in [3.63, 3.8) is 0 Å². The molecule has 0 saturated carbocycles. The summed E-state index contributed by atoms with van der Waals surface area (Å²) in [6.07, 6.45) is 1.41. The Morgan fingerprint density at radius 2 is 1.88 bits per heavy atom. The number of hydrogen-bond acceptors (Lipinski definition) is 6. The highest BCUT2D eigenvalue weighted by atomic mass is 79.9. The quantitative estimate of drug-likeness (QED) is 0.292. The lowest BCUT2D eigenvalue weighted by molar-refractivity contribution is -0.123. The Morgan fingerprint density at radius 1 is 1.18 bits per heavy atom. The molecule has 2 N–H and O–H groups in total. The molecule has 1 atom stereocenters. The molecule has 4 rings (SSSR count). The lowest BCUT2D eigenvalue weighted by Gasteiger charge is -2.18. The van der Waals surface area contributed by atoms with Crippen LogP contribution >= 0.6 is 15.9 Å². The van der Waals surface area contributed by atoms with Gasteiger partial charge in [0, 0.05) is 5.56 Å². The van der Waals surface area contributed by atoms with Crippen LogP contribution in [0.1, 0.15) is 18.5 Å². The molecule has 0 aliphatic heterocycles. The van der Waals surface area contributed by atoms with Gasteiger partial charge in [0.25, 0.3) is 11.5 Å². The van der Waals surface area contributed by atoms with E-state index in [0.29, 0.717) is 26.8 Å². The number of methoxy groups -OCH3 is 1. The summed E-state index contributed by atoms with van der Waals surface area (Å²) in [4.78, 5) is 31.0. The lowest BCUT2D eigenvalue weighted by Crippen LogP contribution is -2.35. The van der Waals surface area contributed by atoms with Crippen molar-refractivity contribution in [2.24, 2.45) is 5.10 Å². The van der Waals surface area contributed by atoms with Crippen molar-refractivity contribution in [3.05, 3.63) is 87.1 Å². The van der Waals surface area contributed by atoms with Gasteiger partial charge in [-0.25, -0.2) is 10.4 Å². The molecule has 0 bridgehead atoms. The van der Waals surface area contributed by atoms with Gasteiger partial charge in [-0.2, -0.15) is 5.10 Å². The average Bonchev–Trinajstić information content (AvgIpc) is 2.86. The first-order valence-corrected chi connectivity index (χ1v) is 11.2. The lowest BCUT2D eigenvalue weighted by atomic mass is 10.1. The van der Waals surface area contributed by atoms with E-state index in [1.807, 2.05) is 36.4 Å². The summed E-state index contributed by atoms with van der Waals surface area (Å²) in [6.45, 7) is 1.62. The number of aromatic nitrogens is 2. The topological polar surface area (TPSA) is 106 Å². The maximum absolute atomic E-state index is 13.4. The minimum absolute atomic E-state index is 0.0334. The van der Waals surface area contributed by atoms with Crippen LogP contribution in [0.3, 0.4) is 0 Å². The van der Waals surface area contributed by atoms with Crippen molar-refractivity contribution in [2.45, 2.75) is 13.0 Å². The van der Waals surface area contributed by atoms with Gasteiger partial charge in [-0.05, 0) is 52.7 Å². The summed E-state index contributed by atoms with van der Waals surface area (Å²) in [7, 11) is 1.44. The number of amides is 1. The largest absolute Gasteiger partial charge is 0.503 e. The Labute approximate surface area is 203 Å². The average molecular weight is 521 g/mol. The monoisotopic (exact) mass is 520 g/mol. The molecular formula is C25H21BrN4O4. The fourth-order valence-corrected chi connectivity index (χ4v) is 3.96. The molecule has 0 unspecified atom stereocenters. The molecule has 0 spiro atoms. The number of carbonyl (C=O) groups excluding carboxylic acids is 1. The van der Waals surface area contributed by atoms with Crippen molar-refractivity contribution in [2.75, 3.05) is 7.11 Å². The van der Waals surface area contributed by atoms with Crippen molar-refractivity contribution < 1.29 is 14.6 Å². The van der Waals surface area contributed by atoms with Gasteiger partial charge in [0.2, 0.25) is 0 Å². The molecule has 1 aromatic heterocycles. The van der Waals surface area contributed by atoms with E-state index in [9.17, 15) is 14.7 Å². The maximum atomic E-state index is 13.4. The number of fused-ring (bicyclic) bond motifs is 1. The number of nitrogens with zero attached hydrogens (tertiary/aromatic N) is 3. The van der Waals surface area contributed by atoms with E-state index in [1.165, 1.54) is 17.9 Å². The van der Waals surface area contributed by atoms with Crippen LogP contribution in [0.25, 0.3) is 22.3 Å². The minimum Gasteiger partial charge on any atom is -0.503 e. The van der Waals surface area contributed by atoms with Crippen LogP contribution in [0.4, 0.5) is 0 Å². The fourth-order valence-electron chi connectivity index (χ4n) is 3.50. The third-order valence-electron chi connectivity index (χ3n) is 5.27. The zero-order valence-electron chi connectivity index (χ0n) is 18.4. The molecular weight excluding hydrogens is 500 g/mol. The Bertz CT molecular complexity index is 1450. The number of carbonyl (C=O) groups is 1. The SMILES string of the molecule is COc1cc(C=NNC(=O)[C@@H](C)n2c(-c3ccccc3)nc3ccccc3c2=O)cc(Br)c1O. The number of hydrogen-bond donors (Lipinski definition) is 2. The number of aromatic hydroxyl groups is 1. The van der Waals surface area contributed by atoms with Crippen molar-refractivity contribution in [3.8, 4) is 22.9 Å². The predicted octanol–water partition coefficient (Wildman–Crippen LogP) is 4.25. The van der Waals surface area contributed by atoms with E-state index in [0.717, 1.165) is 5.56 Å². The third-order valence-corrected chi connectivity index (χ3v) is 5.87. The summed E-state index contributed by atoms with van der Waals surface area (Å²) in [5.41, 5.74) is 4.02. The second kappa shape index (κ2) is 9.88. The molecule has 8 nitrogen and oxygen atoms in total. The molecule has 0 radical (unpaired) electrons. The molecule has 0 fully saturated rings. The molecule has 0 aliphatic rings. The number of phenolic OH excluding ortho intramolecular Hbond substituents is 1. The Kier molecular flexibility index (Phi) is 6.74. The number of rotatable bonds is 6. The summed E-state index contributed by atoms with van der Waals surface area (Å²) < 4.78 is 6.92. The van der Waals surface area contributed by atoms with Crippen LogP contribution in [0, 0.1) is 0 Å². The van der Waals surface area contributed by atoms with E-state index >= 15 is 0 Å². The van der Waals surface area contributed by atoms with Gasteiger partial charge in [-0.3, -0.25) is 14.2 Å². The second-order valence-electron chi connectivity index (χ2n) is 7.46. The van der Waals surface area contributed by atoms with Gasteiger partial charge >= 0.3 is 0 Å². The van der Waals surface area contributed by atoms with Crippen molar-refractivity contribution in [1.82, 2.24) is 15.0 Å². The number of benzene rings is 3. The molecule has 34 heavy (non-hydrogen) atoms. The fraction of sp³-hybridized carbons (Fsp3) is 0.120. The van der Waals surface area contributed by atoms with Gasteiger partial charge in [-0.15, -0.1) is 0 Å². The number of nitrogens with one attached hydrogen (secondary N) is 1. The van der Waals surface area contributed by atoms with Gasteiger partial charge in [0.05, 0.1) is 28.7 Å². The summed E-state index contributed by atoms with van der Waals surface area (Å²) >= 11 is 3.25.